The fraction of sp³-hybridized carbons (Fsp3) is 0.942. The number of unbranched alkanes of at least 4 members (excludes halogenated alkanes) is 37. The zero-order valence-corrected chi connectivity index (χ0v) is 58.8. The van der Waals surface area contributed by atoms with Crippen molar-refractivity contribution in [3.63, 3.8) is 0 Å². The van der Waals surface area contributed by atoms with Crippen molar-refractivity contribution in [2.75, 3.05) is 39.6 Å². The molecule has 3 N–H and O–H groups in total. The first-order chi connectivity index (χ1) is 42.4. The summed E-state index contributed by atoms with van der Waals surface area (Å²) in [7, 11) is -9.89. The molecule has 17 nitrogen and oxygen atoms in total. The number of esters is 4. The van der Waals surface area contributed by atoms with Crippen LogP contribution in [-0.2, 0) is 65.4 Å². The molecule has 0 aliphatic rings. The molecule has 0 aromatic rings. The Hall–Kier alpha value is -1.94. The van der Waals surface area contributed by atoms with E-state index >= 15 is 0 Å². The lowest BCUT2D eigenvalue weighted by atomic mass is 9.99. The maximum absolute atomic E-state index is 13.0. The molecule has 522 valence electrons. The Bertz CT molecular complexity index is 1720. The van der Waals surface area contributed by atoms with E-state index in [9.17, 15) is 43.2 Å². The number of aliphatic hydroxyl groups is 1. The molecule has 0 heterocycles. The van der Waals surface area contributed by atoms with Crippen LogP contribution in [0.4, 0.5) is 0 Å². The van der Waals surface area contributed by atoms with E-state index in [1.54, 1.807) is 0 Å². The van der Waals surface area contributed by atoms with Crippen molar-refractivity contribution in [3.05, 3.63) is 0 Å². The molecule has 0 rings (SSSR count). The highest BCUT2D eigenvalue weighted by Gasteiger charge is 2.30. The van der Waals surface area contributed by atoms with Crippen molar-refractivity contribution >= 4 is 39.5 Å². The van der Waals surface area contributed by atoms with Gasteiger partial charge in [0.05, 0.1) is 26.4 Å². The molecule has 0 saturated carbocycles. The van der Waals surface area contributed by atoms with Crippen LogP contribution in [-0.4, -0.2) is 96.7 Å². The van der Waals surface area contributed by atoms with Gasteiger partial charge in [-0.2, -0.15) is 0 Å². The van der Waals surface area contributed by atoms with Crippen LogP contribution in [0.15, 0.2) is 0 Å². The van der Waals surface area contributed by atoms with E-state index < -0.39 is 97.5 Å². The summed E-state index contributed by atoms with van der Waals surface area (Å²) in [6.45, 7) is 9.54. The van der Waals surface area contributed by atoms with Gasteiger partial charge in [-0.3, -0.25) is 37.3 Å². The van der Waals surface area contributed by atoms with Crippen molar-refractivity contribution in [2.45, 2.75) is 368 Å². The topological polar surface area (TPSA) is 237 Å². The highest BCUT2D eigenvalue weighted by molar-refractivity contribution is 7.47. The quantitative estimate of drug-likeness (QED) is 0.0222. The minimum atomic E-state index is -4.95. The molecule has 88 heavy (non-hydrogen) atoms. The minimum absolute atomic E-state index is 0.106. The Morgan fingerprint density at radius 1 is 0.330 bits per heavy atom. The lowest BCUT2D eigenvalue weighted by Gasteiger charge is -2.21. The molecule has 19 heteroatoms. The van der Waals surface area contributed by atoms with Crippen molar-refractivity contribution in [1.29, 1.82) is 0 Å². The average molecular weight is 1300 g/mol. The molecule has 0 saturated heterocycles. The number of rotatable bonds is 68. The van der Waals surface area contributed by atoms with Crippen molar-refractivity contribution in [2.24, 2.45) is 11.8 Å². The molecule has 0 spiro atoms. The lowest BCUT2D eigenvalue weighted by molar-refractivity contribution is -0.161. The summed E-state index contributed by atoms with van der Waals surface area (Å²) in [5.74, 6) is -0.548. The third-order valence-corrected chi connectivity index (χ3v) is 18.2. The van der Waals surface area contributed by atoms with E-state index in [0.29, 0.717) is 25.7 Å². The number of carbonyl (C=O) groups is 4. The molecule has 0 aromatic heterocycles. The molecule has 0 amide bonds. The van der Waals surface area contributed by atoms with E-state index in [2.05, 4.69) is 41.5 Å². The van der Waals surface area contributed by atoms with Gasteiger partial charge in [0, 0.05) is 25.7 Å². The smallest absolute Gasteiger partial charge is 0.462 e. The number of hydrogen-bond donors (Lipinski definition) is 3. The number of ether oxygens (including phenoxy) is 4. The van der Waals surface area contributed by atoms with E-state index in [-0.39, 0.29) is 25.7 Å². The molecule has 0 bridgehead atoms. The Morgan fingerprint density at radius 2 is 0.580 bits per heavy atom. The summed E-state index contributed by atoms with van der Waals surface area (Å²) in [4.78, 5) is 72.4. The van der Waals surface area contributed by atoms with Crippen LogP contribution in [0, 0.1) is 11.8 Å². The largest absolute Gasteiger partial charge is 0.472 e. The maximum atomic E-state index is 13.0. The average Bonchev–Trinajstić information content (AvgIpc) is 3.71. The van der Waals surface area contributed by atoms with E-state index in [1.165, 1.54) is 167 Å². The zero-order chi connectivity index (χ0) is 65.0. The molecule has 0 aliphatic carbocycles. The summed E-state index contributed by atoms with van der Waals surface area (Å²) in [5, 5.41) is 10.6. The number of hydrogen-bond acceptors (Lipinski definition) is 15. The normalized spacial score (nSPS) is 14.5. The number of carbonyl (C=O) groups excluding carboxylic acids is 4. The molecule has 0 fully saturated rings. The third-order valence-electron chi connectivity index (χ3n) is 16.3. The summed E-state index contributed by atoms with van der Waals surface area (Å²) >= 11 is 0. The predicted octanol–water partition coefficient (Wildman–Crippen LogP) is 19.6. The number of phosphoric ester groups is 2. The molecular weight excluding hydrogens is 1160 g/mol. The van der Waals surface area contributed by atoms with Gasteiger partial charge in [0.15, 0.2) is 12.2 Å². The predicted molar refractivity (Wildman–Crippen MR) is 354 cm³/mol. The van der Waals surface area contributed by atoms with Crippen LogP contribution in [0.25, 0.3) is 0 Å². The maximum Gasteiger partial charge on any atom is 0.472 e. The highest BCUT2D eigenvalue weighted by atomic mass is 31.2. The van der Waals surface area contributed by atoms with E-state index in [1.807, 2.05) is 0 Å². The van der Waals surface area contributed by atoms with Gasteiger partial charge in [-0.15, -0.1) is 0 Å². The van der Waals surface area contributed by atoms with Gasteiger partial charge in [-0.25, -0.2) is 9.13 Å². The first kappa shape index (κ1) is 86.1. The second-order valence-electron chi connectivity index (χ2n) is 25.6. The summed E-state index contributed by atoms with van der Waals surface area (Å²) < 4.78 is 68.1. The summed E-state index contributed by atoms with van der Waals surface area (Å²) in [5.41, 5.74) is 0. The standard InChI is InChI=1S/C69H134O17P2/c1-7-10-12-14-16-25-33-39-45-51-66(71)79-57-64(85-68(73)53-47-41-35-26-17-15-13-11-8-2)59-83-87(75,76)81-55-63(70)56-82-88(77,78)84-60-65(58-80-67(72)52-46-40-34-30-29-32-38-44-50-62(6)9-3)86-69(74)54-48-42-36-28-24-22-20-18-19-21-23-27-31-37-43-49-61(4)5/h61-65,70H,7-60H2,1-6H3,(H,75,76)(H,77,78)/t62?,63-,64+,65+/m0/s1. The summed E-state index contributed by atoms with van der Waals surface area (Å²) in [6.07, 6.45) is 45.8. The van der Waals surface area contributed by atoms with E-state index in [0.717, 1.165) is 102 Å². The third kappa shape index (κ3) is 61.6. The first-order valence-corrected chi connectivity index (χ1v) is 39.0. The van der Waals surface area contributed by atoms with Crippen molar-refractivity contribution < 1.29 is 80.2 Å². The van der Waals surface area contributed by atoms with Crippen LogP contribution >= 0.6 is 15.6 Å². The molecule has 0 aliphatic heterocycles. The molecule has 3 unspecified atom stereocenters. The van der Waals surface area contributed by atoms with Crippen LogP contribution in [0.5, 0.6) is 0 Å². The van der Waals surface area contributed by atoms with Gasteiger partial charge in [-0.1, -0.05) is 298 Å². The van der Waals surface area contributed by atoms with Crippen LogP contribution in [0.2, 0.25) is 0 Å². The first-order valence-electron chi connectivity index (χ1n) is 36.0. The van der Waals surface area contributed by atoms with Gasteiger partial charge in [0.25, 0.3) is 0 Å². The van der Waals surface area contributed by atoms with Crippen LogP contribution in [0.3, 0.4) is 0 Å². The van der Waals surface area contributed by atoms with Gasteiger partial charge in [0.1, 0.15) is 19.3 Å². The monoisotopic (exact) mass is 1300 g/mol. The minimum Gasteiger partial charge on any atom is -0.462 e. The van der Waals surface area contributed by atoms with Gasteiger partial charge in [-0.05, 0) is 37.5 Å². The fourth-order valence-electron chi connectivity index (χ4n) is 10.4. The second kappa shape index (κ2) is 61.3. The zero-order valence-electron chi connectivity index (χ0n) is 57.0. The second-order valence-corrected chi connectivity index (χ2v) is 28.5. The van der Waals surface area contributed by atoms with Crippen molar-refractivity contribution in [1.82, 2.24) is 0 Å². The molecule has 0 aromatic carbocycles. The Morgan fingerprint density at radius 3 is 0.864 bits per heavy atom. The SMILES string of the molecule is CCCCCCCCCCCC(=O)OC[C@H](COP(=O)(O)OC[C@H](O)COP(=O)(O)OC[C@@H](COC(=O)CCCCCCCCCCC(C)CC)OC(=O)CCCCCCCCCCCCCCCCCC(C)C)OC(=O)CCCCCCCCCCC. The summed E-state index contributed by atoms with van der Waals surface area (Å²) in [6, 6.07) is 0. The van der Waals surface area contributed by atoms with Crippen LogP contribution < -0.4 is 0 Å². The highest BCUT2D eigenvalue weighted by Crippen LogP contribution is 2.45. The Kier molecular flexibility index (Phi) is 59.9. The molecule has 6 atom stereocenters. The van der Waals surface area contributed by atoms with Gasteiger partial charge < -0.3 is 33.8 Å². The van der Waals surface area contributed by atoms with Crippen LogP contribution in [0.1, 0.15) is 350 Å². The van der Waals surface area contributed by atoms with Gasteiger partial charge >= 0.3 is 39.5 Å². The molecular formula is C69H134O17P2. The van der Waals surface area contributed by atoms with E-state index in [4.69, 9.17) is 37.0 Å². The Balaban J connectivity index is 5.20. The number of phosphoric acid groups is 2. The Labute approximate surface area is 537 Å². The fourth-order valence-corrected chi connectivity index (χ4v) is 12.0. The molecule has 0 radical (unpaired) electrons. The lowest BCUT2D eigenvalue weighted by Crippen LogP contribution is -2.30. The van der Waals surface area contributed by atoms with Crippen molar-refractivity contribution in [3.8, 4) is 0 Å². The van der Waals surface area contributed by atoms with Gasteiger partial charge in [0.2, 0.25) is 0 Å². The number of aliphatic hydroxyl groups excluding tert-OH is 1.